The molecule has 120 valence electrons. The minimum atomic E-state index is -0.473. The van der Waals surface area contributed by atoms with Crippen LogP contribution in [0.2, 0.25) is 0 Å². The lowest BCUT2D eigenvalue weighted by molar-refractivity contribution is -0.128. The van der Waals surface area contributed by atoms with Crippen LogP contribution in [0.15, 0.2) is 4.99 Å². The summed E-state index contributed by atoms with van der Waals surface area (Å²) in [6.07, 6.45) is 4.08. The van der Waals surface area contributed by atoms with Gasteiger partial charge in [0.25, 0.3) is 0 Å². The van der Waals surface area contributed by atoms with Crippen molar-refractivity contribution in [3.63, 3.8) is 0 Å². The Morgan fingerprint density at radius 1 is 1.33 bits per heavy atom. The topological polar surface area (TPSA) is 74.8 Å². The summed E-state index contributed by atoms with van der Waals surface area (Å²) in [4.78, 5) is 16.2. The Balaban J connectivity index is 1.81. The van der Waals surface area contributed by atoms with Crippen LogP contribution < -0.4 is 16.0 Å². The molecule has 6 nitrogen and oxygen atoms in total. The maximum absolute atomic E-state index is 12.0. The molecule has 21 heavy (non-hydrogen) atoms. The van der Waals surface area contributed by atoms with Crippen LogP contribution >= 0.6 is 0 Å². The standard InChI is InChI=1S/C15H28N4O2/c1-5-17-13(20)15(2,3)9-18-14(16-4)19-11-8-10-6-7-12(11)21-10/h10-12H,5-9H2,1-4H3,(H,17,20)(H2,16,18,19). The third-order valence-corrected chi connectivity index (χ3v) is 4.30. The van der Waals surface area contributed by atoms with E-state index in [1.807, 2.05) is 20.8 Å². The van der Waals surface area contributed by atoms with E-state index >= 15 is 0 Å². The molecule has 2 aliphatic heterocycles. The monoisotopic (exact) mass is 296 g/mol. The maximum Gasteiger partial charge on any atom is 0.227 e. The van der Waals surface area contributed by atoms with Crippen LogP contribution in [0.25, 0.3) is 0 Å². The summed E-state index contributed by atoms with van der Waals surface area (Å²) in [6.45, 7) is 6.98. The summed E-state index contributed by atoms with van der Waals surface area (Å²) >= 11 is 0. The highest BCUT2D eigenvalue weighted by Gasteiger charge is 2.41. The molecule has 0 radical (unpaired) electrons. The Hall–Kier alpha value is -1.30. The van der Waals surface area contributed by atoms with Crippen LogP contribution in [0.4, 0.5) is 0 Å². The first-order valence-corrected chi connectivity index (χ1v) is 7.87. The molecule has 2 saturated heterocycles. The molecule has 2 aliphatic rings. The molecule has 1 amide bonds. The molecule has 0 aliphatic carbocycles. The van der Waals surface area contributed by atoms with E-state index in [1.165, 1.54) is 6.42 Å². The summed E-state index contributed by atoms with van der Waals surface area (Å²) < 4.78 is 5.84. The highest BCUT2D eigenvalue weighted by molar-refractivity contribution is 5.84. The number of ether oxygens (including phenoxy) is 1. The van der Waals surface area contributed by atoms with Crippen LogP contribution in [-0.2, 0) is 9.53 Å². The van der Waals surface area contributed by atoms with Gasteiger partial charge in [0.15, 0.2) is 5.96 Å². The molecule has 2 fully saturated rings. The van der Waals surface area contributed by atoms with Crippen molar-refractivity contribution in [1.82, 2.24) is 16.0 Å². The first kappa shape index (κ1) is 16.1. The van der Waals surface area contributed by atoms with Gasteiger partial charge in [-0.3, -0.25) is 9.79 Å². The van der Waals surface area contributed by atoms with Crippen molar-refractivity contribution in [3.8, 4) is 0 Å². The molecule has 3 N–H and O–H groups in total. The molecule has 2 heterocycles. The van der Waals surface area contributed by atoms with Crippen LogP contribution in [-0.4, -0.2) is 50.3 Å². The number of carbonyl (C=O) groups excluding carboxylic acids is 1. The van der Waals surface area contributed by atoms with Crippen molar-refractivity contribution < 1.29 is 9.53 Å². The van der Waals surface area contributed by atoms with Gasteiger partial charge in [-0.2, -0.15) is 0 Å². The predicted molar refractivity (Wildman–Crippen MR) is 83.3 cm³/mol. The summed E-state index contributed by atoms with van der Waals surface area (Å²) in [5, 5.41) is 9.54. The number of nitrogens with one attached hydrogen (secondary N) is 3. The number of carbonyl (C=O) groups is 1. The lowest BCUT2D eigenvalue weighted by atomic mass is 9.92. The average Bonchev–Trinajstić information content (AvgIpc) is 3.06. The molecule has 6 heteroatoms. The zero-order valence-corrected chi connectivity index (χ0v) is 13.5. The fraction of sp³-hybridized carbons (Fsp3) is 0.867. The van der Waals surface area contributed by atoms with E-state index in [1.54, 1.807) is 7.05 Å². The number of amides is 1. The Morgan fingerprint density at radius 3 is 2.62 bits per heavy atom. The van der Waals surface area contributed by atoms with E-state index in [4.69, 9.17) is 4.74 Å². The third-order valence-electron chi connectivity index (χ3n) is 4.30. The van der Waals surface area contributed by atoms with Gasteiger partial charge in [-0.05, 0) is 40.0 Å². The lowest BCUT2D eigenvalue weighted by Gasteiger charge is -2.27. The van der Waals surface area contributed by atoms with Gasteiger partial charge in [0.1, 0.15) is 0 Å². The Labute approximate surface area is 127 Å². The first-order valence-electron chi connectivity index (χ1n) is 7.87. The Bertz CT molecular complexity index is 408. The van der Waals surface area contributed by atoms with Gasteiger partial charge in [0.2, 0.25) is 5.91 Å². The summed E-state index contributed by atoms with van der Waals surface area (Å²) in [7, 11) is 1.75. The fourth-order valence-electron chi connectivity index (χ4n) is 2.94. The summed E-state index contributed by atoms with van der Waals surface area (Å²) in [6, 6.07) is 0.336. The van der Waals surface area contributed by atoms with Gasteiger partial charge in [-0.25, -0.2) is 0 Å². The van der Waals surface area contributed by atoms with E-state index in [0.29, 0.717) is 31.3 Å². The predicted octanol–water partition coefficient (Wildman–Crippen LogP) is 0.634. The van der Waals surface area contributed by atoms with Gasteiger partial charge in [0, 0.05) is 20.1 Å². The van der Waals surface area contributed by atoms with E-state index in [-0.39, 0.29) is 5.91 Å². The van der Waals surface area contributed by atoms with Crippen molar-refractivity contribution in [2.24, 2.45) is 10.4 Å². The minimum absolute atomic E-state index is 0.0520. The van der Waals surface area contributed by atoms with Crippen LogP contribution in [0.1, 0.15) is 40.0 Å². The maximum atomic E-state index is 12.0. The molecular formula is C15H28N4O2. The molecule has 2 rings (SSSR count). The van der Waals surface area contributed by atoms with Gasteiger partial charge in [-0.1, -0.05) is 0 Å². The number of rotatable bonds is 5. The van der Waals surface area contributed by atoms with Crippen molar-refractivity contribution >= 4 is 11.9 Å². The molecule has 2 bridgehead atoms. The number of aliphatic imine (C=N–C) groups is 1. The van der Waals surface area contributed by atoms with Crippen molar-refractivity contribution in [3.05, 3.63) is 0 Å². The molecular weight excluding hydrogens is 268 g/mol. The number of nitrogens with zero attached hydrogens (tertiary/aromatic N) is 1. The van der Waals surface area contributed by atoms with E-state index in [0.717, 1.165) is 18.8 Å². The van der Waals surface area contributed by atoms with Crippen molar-refractivity contribution in [2.45, 2.75) is 58.3 Å². The normalized spacial score (nSPS) is 28.6. The van der Waals surface area contributed by atoms with Crippen LogP contribution in [0.5, 0.6) is 0 Å². The lowest BCUT2D eigenvalue weighted by Crippen LogP contribution is -2.51. The largest absolute Gasteiger partial charge is 0.373 e. The molecule has 3 atom stereocenters. The summed E-state index contributed by atoms with van der Waals surface area (Å²) in [5.41, 5.74) is -0.473. The second-order valence-corrected chi connectivity index (χ2v) is 6.53. The molecule has 0 aromatic heterocycles. The average molecular weight is 296 g/mol. The number of hydrogen-bond donors (Lipinski definition) is 3. The zero-order valence-electron chi connectivity index (χ0n) is 13.5. The fourth-order valence-corrected chi connectivity index (χ4v) is 2.94. The highest BCUT2D eigenvalue weighted by atomic mass is 16.5. The third kappa shape index (κ3) is 3.87. The van der Waals surface area contributed by atoms with Crippen LogP contribution in [0, 0.1) is 5.41 Å². The second kappa shape index (κ2) is 6.64. The highest BCUT2D eigenvalue weighted by Crippen LogP contribution is 2.34. The van der Waals surface area contributed by atoms with Gasteiger partial charge >= 0.3 is 0 Å². The molecule has 0 aromatic rings. The molecule has 0 saturated carbocycles. The number of guanidine groups is 1. The first-order chi connectivity index (χ1) is 9.96. The quantitative estimate of drug-likeness (QED) is 0.514. The molecule has 0 aromatic carbocycles. The van der Waals surface area contributed by atoms with E-state index in [9.17, 15) is 4.79 Å². The smallest absolute Gasteiger partial charge is 0.227 e. The Kier molecular flexibility index (Phi) is 5.08. The minimum Gasteiger partial charge on any atom is -0.373 e. The van der Waals surface area contributed by atoms with Gasteiger partial charge in [-0.15, -0.1) is 0 Å². The van der Waals surface area contributed by atoms with E-state index in [2.05, 4.69) is 20.9 Å². The number of fused-ring (bicyclic) bond motifs is 2. The Morgan fingerprint density at radius 2 is 2.10 bits per heavy atom. The van der Waals surface area contributed by atoms with E-state index < -0.39 is 5.41 Å². The van der Waals surface area contributed by atoms with Crippen molar-refractivity contribution in [1.29, 1.82) is 0 Å². The second-order valence-electron chi connectivity index (χ2n) is 6.53. The molecule has 0 spiro atoms. The van der Waals surface area contributed by atoms with Crippen LogP contribution in [0.3, 0.4) is 0 Å². The van der Waals surface area contributed by atoms with Crippen molar-refractivity contribution in [2.75, 3.05) is 20.1 Å². The molecule has 3 unspecified atom stereocenters. The summed E-state index contributed by atoms with van der Waals surface area (Å²) in [5.74, 6) is 0.796. The zero-order chi connectivity index (χ0) is 15.5. The van der Waals surface area contributed by atoms with Gasteiger partial charge < -0.3 is 20.7 Å². The van der Waals surface area contributed by atoms with Gasteiger partial charge in [0.05, 0.1) is 23.7 Å². The number of hydrogen-bond acceptors (Lipinski definition) is 3. The SMILES string of the molecule is CCNC(=O)C(C)(C)CNC(=NC)NC1CC2CCC1O2.